The SMILES string of the molecule is CCOCCCNC(=O)C(=O)N1CCN(c2ccccn2)CC1. The summed E-state index contributed by atoms with van der Waals surface area (Å²) in [5.74, 6) is -0.0881. The summed E-state index contributed by atoms with van der Waals surface area (Å²) in [5, 5.41) is 2.65. The Kier molecular flexibility index (Phi) is 6.80. The molecular weight excluding hydrogens is 296 g/mol. The molecule has 0 aliphatic carbocycles. The standard InChI is InChI=1S/C16H24N4O3/c1-2-23-13-5-8-18-15(21)16(22)20-11-9-19(10-12-20)14-6-3-4-7-17-14/h3-4,6-7H,2,5,8-13H2,1H3,(H,18,21). The van der Waals surface area contributed by atoms with E-state index in [0.29, 0.717) is 52.4 Å². The van der Waals surface area contributed by atoms with Crippen LogP contribution in [0.5, 0.6) is 0 Å². The molecule has 7 nitrogen and oxygen atoms in total. The third kappa shape index (κ3) is 5.21. The summed E-state index contributed by atoms with van der Waals surface area (Å²) in [7, 11) is 0. The van der Waals surface area contributed by atoms with Crippen LogP contribution in [-0.4, -0.2) is 67.6 Å². The summed E-state index contributed by atoms with van der Waals surface area (Å²) in [6, 6.07) is 5.76. The van der Waals surface area contributed by atoms with Gasteiger partial charge in [-0.25, -0.2) is 4.98 Å². The van der Waals surface area contributed by atoms with Crippen molar-refractivity contribution < 1.29 is 14.3 Å². The molecule has 1 aromatic heterocycles. The van der Waals surface area contributed by atoms with Crippen molar-refractivity contribution in [2.24, 2.45) is 0 Å². The van der Waals surface area contributed by atoms with Gasteiger partial charge in [-0.15, -0.1) is 0 Å². The molecule has 2 amide bonds. The lowest BCUT2D eigenvalue weighted by molar-refractivity contribution is -0.146. The molecule has 2 heterocycles. The third-order valence-corrected chi connectivity index (χ3v) is 3.69. The quantitative estimate of drug-likeness (QED) is 0.602. The van der Waals surface area contributed by atoms with Gasteiger partial charge in [-0.3, -0.25) is 9.59 Å². The highest BCUT2D eigenvalue weighted by Gasteiger charge is 2.26. The molecule has 1 aliphatic rings. The van der Waals surface area contributed by atoms with Gasteiger partial charge < -0.3 is 19.9 Å². The number of carbonyl (C=O) groups excluding carboxylic acids is 2. The number of anilines is 1. The molecular formula is C16H24N4O3. The third-order valence-electron chi connectivity index (χ3n) is 3.69. The maximum absolute atomic E-state index is 12.1. The fourth-order valence-corrected chi connectivity index (χ4v) is 2.42. The fraction of sp³-hybridized carbons (Fsp3) is 0.562. The Morgan fingerprint density at radius 3 is 2.70 bits per heavy atom. The first-order valence-electron chi connectivity index (χ1n) is 8.03. The average molecular weight is 320 g/mol. The molecule has 126 valence electrons. The van der Waals surface area contributed by atoms with Crippen LogP contribution in [0.1, 0.15) is 13.3 Å². The monoisotopic (exact) mass is 320 g/mol. The smallest absolute Gasteiger partial charge is 0.312 e. The van der Waals surface area contributed by atoms with Crippen LogP contribution in [0.2, 0.25) is 0 Å². The van der Waals surface area contributed by atoms with Gasteiger partial charge in [0.05, 0.1) is 0 Å². The van der Waals surface area contributed by atoms with Crippen molar-refractivity contribution in [1.82, 2.24) is 15.2 Å². The van der Waals surface area contributed by atoms with Gasteiger partial charge in [-0.05, 0) is 25.5 Å². The molecule has 1 N–H and O–H groups in total. The van der Waals surface area contributed by atoms with E-state index in [9.17, 15) is 9.59 Å². The van der Waals surface area contributed by atoms with Crippen LogP contribution in [0, 0.1) is 0 Å². The predicted molar refractivity (Wildman–Crippen MR) is 87.1 cm³/mol. The molecule has 0 unspecified atom stereocenters. The Balaban J connectivity index is 1.71. The number of amides is 2. The van der Waals surface area contributed by atoms with Gasteiger partial charge in [0.2, 0.25) is 0 Å². The van der Waals surface area contributed by atoms with E-state index in [1.807, 2.05) is 25.1 Å². The van der Waals surface area contributed by atoms with Gasteiger partial charge >= 0.3 is 11.8 Å². The summed E-state index contributed by atoms with van der Waals surface area (Å²) in [5.41, 5.74) is 0. The number of hydrogen-bond donors (Lipinski definition) is 1. The van der Waals surface area contributed by atoms with Crippen LogP contribution in [-0.2, 0) is 14.3 Å². The van der Waals surface area contributed by atoms with Crippen LogP contribution in [0.3, 0.4) is 0 Å². The van der Waals surface area contributed by atoms with E-state index in [-0.39, 0.29) is 0 Å². The molecule has 0 bridgehead atoms. The number of hydrogen-bond acceptors (Lipinski definition) is 5. The molecule has 0 saturated carbocycles. The van der Waals surface area contributed by atoms with Gasteiger partial charge in [-0.2, -0.15) is 0 Å². The lowest BCUT2D eigenvalue weighted by Gasteiger charge is -2.34. The van der Waals surface area contributed by atoms with Crippen molar-refractivity contribution in [3.05, 3.63) is 24.4 Å². The van der Waals surface area contributed by atoms with Gasteiger partial charge in [0, 0.05) is 52.1 Å². The zero-order valence-corrected chi connectivity index (χ0v) is 13.5. The molecule has 2 rings (SSSR count). The highest BCUT2D eigenvalue weighted by molar-refractivity contribution is 6.35. The first-order valence-corrected chi connectivity index (χ1v) is 8.03. The zero-order valence-electron chi connectivity index (χ0n) is 13.5. The summed E-state index contributed by atoms with van der Waals surface area (Å²) in [6.07, 6.45) is 2.46. The molecule has 0 radical (unpaired) electrons. The second kappa shape index (κ2) is 9.09. The predicted octanol–water partition coefficient (Wildman–Crippen LogP) is 0.273. The second-order valence-electron chi connectivity index (χ2n) is 5.27. The van der Waals surface area contributed by atoms with Crippen molar-refractivity contribution in [3.8, 4) is 0 Å². The van der Waals surface area contributed by atoms with E-state index in [0.717, 1.165) is 5.82 Å². The van der Waals surface area contributed by atoms with E-state index in [4.69, 9.17) is 4.74 Å². The normalized spacial score (nSPS) is 14.7. The Hall–Kier alpha value is -2.15. The van der Waals surface area contributed by atoms with Gasteiger partial charge in [0.25, 0.3) is 0 Å². The molecule has 1 fully saturated rings. The Morgan fingerprint density at radius 2 is 2.04 bits per heavy atom. The van der Waals surface area contributed by atoms with Crippen molar-refractivity contribution >= 4 is 17.6 Å². The van der Waals surface area contributed by atoms with Crippen molar-refractivity contribution in [2.75, 3.05) is 50.8 Å². The van der Waals surface area contributed by atoms with Gasteiger partial charge in [0.15, 0.2) is 0 Å². The maximum atomic E-state index is 12.1. The van der Waals surface area contributed by atoms with E-state index in [1.54, 1.807) is 11.1 Å². The van der Waals surface area contributed by atoms with Crippen molar-refractivity contribution in [3.63, 3.8) is 0 Å². The maximum Gasteiger partial charge on any atom is 0.312 e. The van der Waals surface area contributed by atoms with Gasteiger partial charge in [0.1, 0.15) is 5.82 Å². The number of rotatable bonds is 6. The Morgan fingerprint density at radius 1 is 1.26 bits per heavy atom. The number of carbonyl (C=O) groups is 2. The lowest BCUT2D eigenvalue weighted by Crippen LogP contribution is -2.53. The Labute approximate surface area is 136 Å². The van der Waals surface area contributed by atoms with Crippen LogP contribution < -0.4 is 10.2 Å². The average Bonchev–Trinajstić information content (AvgIpc) is 2.61. The Bertz CT molecular complexity index is 501. The van der Waals surface area contributed by atoms with E-state index in [2.05, 4.69) is 15.2 Å². The minimum absolute atomic E-state index is 0.456. The number of aromatic nitrogens is 1. The second-order valence-corrected chi connectivity index (χ2v) is 5.27. The summed E-state index contributed by atoms with van der Waals surface area (Å²) < 4.78 is 5.19. The summed E-state index contributed by atoms with van der Waals surface area (Å²) in [6.45, 7) is 6.05. The molecule has 23 heavy (non-hydrogen) atoms. The minimum atomic E-state index is -0.534. The molecule has 0 atom stereocenters. The first kappa shape index (κ1) is 17.2. The van der Waals surface area contributed by atoms with Crippen LogP contribution in [0.25, 0.3) is 0 Å². The van der Waals surface area contributed by atoms with Gasteiger partial charge in [-0.1, -0.05) is 6.07 Å². The van der Waals surface area contributed by atoms with Crippen LogP contribution >= 0.6 is 0 Å². The van der Waals surface area contributed by atoms with E-state index in [1.165, 1.54) is 0 Å². The number of nitrogens with zero attached hydrogens (tertiary/aromatic N) is 3. The van der Waals surface area contributed by atoms with E-state index >= 15 is 0 Å². The van der Waals surface area contributed by atoms with Crippen LogP contribution in [0.4, 0.5) is 5.82 Å². The van der Waals surface area contributed by atoms with Crippen LogP contribution in [0.15, 0.2) is 24.4 Å². The highest BCUT2D eigenvalue weighted by Crippen LogP contribution is 2.12. The number of nitrogens with one attached hydrogen (secondary N) is 1. The topological polar surface area (TPSA) is 74.8 Å². The minimum Gasteiger partial charge on any atom is -0.382 e. The molecule has 7 heteroatoms. The first-order chi connectivity index (χ1) is 11.2. The van der Waals surface area contributed by atoms with Crippen molar-refractivity contribution in [1.29, 1.82) is 0 Å². The molecule has 0 spiro atoms. The number of pyridine rings is 1. The lowest BCUT2D eigenvalue weighted by atomic mass is 10.3. The molecule has 0 aromatic carbocycles. The van der Waals surface area contributed by atoms with E-state index < -0.39 is 11.8 Å². The van der Waals surface area contributed by atoms with Crippen molar-refractivity contribution in [2.45, 2.75) is 13.3 Å². The number of piperazine rings is 1. The molecule has 1 saturated heterocycles. The summed E-state index contributed by atoms with van der Waals surface area (Å²) in [4.78, 5) is 32.0. The molecule has 1 aromatic rings. The molecule has 1 aliphatic heterocycles. The fourth-order valence-electron chi connectivity index (χ4n) is 2.42. The largest absolute Gasteiger partial charge is 0.382 e. The summed E-state index contributed by atoms with van der Waals surface area (Å²) >= 11 is 0. The highest BCUT2D eigenvalue weighted by atomic mass is 16.5. The zero-order chi connectivity index (χ0) is 16.5. The number of ether oxygens (including phenoxy) is 1.